The maximum absolute atomic E-state index is 13.3. The Morgan fingerprint density at radius 1 is 1.19 bits per heavy atom. The van der Waals surface area contributed by atoms with E-state index >= 15 is 0 Å². The highest BCUT2D eigenvalue weighted by molar-refractivity contribution is 7.89. The first-order valence-electron chi connectivity index (χ1n) is 10.6. The largest absolute Gasteiger partial charge is 0.383 e. The molecule has 1 aromatic carbocycles. The van der Waals surface area contributed by atoms with Crippen molar-refractivity contribution >= 4 is 15.9 Å². The Morgan fingerprint density at radius 3 is 2.34 bits per heavy atom. The molecule has 7 nitrogen and oxygen atoms in total. The van der Waals surface area contributed by atoms with E-state index in [1.54, 1.807) is 24.1 Å². The lowest BCUT2D eigenvalue weighted by atomic mass is 9.87. The minimum Gasteiger partial charge on any atom is -0.383 e. The summed E-state index contributed by atoms with van der Waals surface area (Å²) in [5.74, 6) is -0.292. The van der Waals surface area contributed by atoms with E-state index in [-0.39, 0.29) is 29.3 Å². The van der Waals surface area contributed by atoms with E-state index in [1.165, 1.54) is 10.4 Å². The molecule has 2 aromatic rings. The van der Waals surface area contributed by atoms with Crippen LogP contribution in [0.1, 0.15) is 32.0 Å². The number of carbonyl (C=O) groups excluding carboxylic acids is 1. The second-order valence-electron chi connectivity index (χ2n) is 8.78. The molecule has 0 aliphatic heterocycles. The standard InChI is InChI=1S/C24H35N3O4S/c1-7-14-27(32(29,30)22-12-10-20(11-13-22)24(2,3)4)19-23(28)26(16-17-31-6)18-21-9-8-15-25(21)5/h7-13,15H,1,14,16-19H2,2-6H3. The molecule has 0 unspecified atom stereocenters. The third-order valence-electron chi connectivity index (χ3n) is 5.32. The minimum atomic E-state index is -3.87. The van der Waals surface area contributed by atoms with Crippen molar-refractivity contribution in [3.8, 4) is 0 Å². The average Bonchev–Trinajstić information content (AvgIpc) is 3.14. The molecule has 0 saturated carbocycles. The van der Waals surface area contributed by atoms with Gasteiger partial charge >= 0.3 is 0 Å². The lowest BCUT2D eigenvalue weighted by Crippen LogP contribution is -2.44. The highest BCUT2D eigenvalue weighted by Crippen LogP contribution is 2.24. The van der Waals surface area contributed by atoms with E-state index in [9.17, 15) is 13.2 Å². The van der Waals surface area contributed by atoms with Crippen molar-refractivity contribution in [1.29, 1.82) is 0 Å². The van der Waals surface area contributed by atoms with Gasteiger partial charge in [-0.25, -0.2) is 8.42 Å². The number of hydrogen-bond donors (Lipinski definition) is 0. The van der Waals surface area contributed by atoms with Gasteiger partial charge in [0.2, 0.25) is 15.9 Å². The molecule has 0 radical (unpaired) electrons. The Morgan fingerprint density at radius 2 is 1.84 bits per heavy atom. The highest BCUT2D eigenvalue weighted by Gasteiger charge is 2.28. The van der Waals surface area contributed by atoms with Crippen LogP contribution in [0.2, 0.25) is 0 Å². The molecule has 0 N–H and O–H groups in total. The maximum Gasteiger partial charge on any atom is 0.243 e. The molecule has 8 heteroatoms. The van der Waals surface area contributed by atoms with Gasteiger partial charge < -0.3 is 14.2 Å². The molecule has 0 saturated heterocycles. The van der Waals surface area contributed by atoms with Gasteiger partial charge in [-0.1, -0.05) is 39.0 Å². The minimum absolute atomic E-state index is 0.0391. The van der Waals surface area contributed by atoms with E-state index in [4.69, 9.17) is 4.74 Å². The fourth-order valence-electron chi connectivity index (χ4n) is 3.27. The first-order chi connectivity index (χ1) is 15.0. The summed E-state index contributed by atoms with van der Waals surface area (Å²) >= 11 is 0. The first-order valence-corrected chi connectivity index (χ1v) is 12.0. The van der Waals surface area contributed by atoms with Crippen LogP contribution >= 0.6 is 0 Å². The number of hydrogen-bond acceptors (Lipinski definition) is 4. The second-order valence-corrected chi connectivity index (χ2v) is 10.7. The number of ether oxygens (including phenoxy) is 1. The Balaban J connectivity index is 2.26. The molecule has 0 aliphatic rings. The zero-order chi connectivity index (χ0) is 23.9. The quantitative estimate of drug-likeness (QED) is 0.482. The highest BCUT2D eigenvalue weighted by atomic mass is 32.2. The van der Waals surface area contributed by atoms with Crippen molar-refractivity contribution in [2.75, 3.05) is 33.4 Å². The number of sulfonamides is 1. The van der Waals surface area contributed by atoms with Crippen LogP contribution in [-0.4, -0.2) is 61.4 Å². The van der Waals surface area contributed by atoms with Gasteiger partial charge in [0.05, 0.1) is 24.6 Å². The zero-order valence-electron chi connectivity index (χ0n) is 19.7. The van der Waals surface area contributed by atoms with Crippen LogP contribution in [-0.2, 0) is 38.6 Å². The van der Waals surface area contributed by atoms with Crippen LogP contribution in [0.15, 0.2) is 60.1 Å². The molecule has 176 valence electrons. The lowest BCUT2D eigenvalue weighted by molar-refractivity contribution is -0.132. The monoisotopic (exact) mass is 461 g/mol. The van der Waals surface area contributed by atoms with Crippen molar-refractivity contribution in [2.45, 2.75) is 37.6 Å². The van der Waals surface area contributed by atoms with E-state index in [0.717, 1.165) is 11.3 Å². The molecular formula is C24H35N3O4S. The second kappa shape index (κ2) is 10.9. The number of nitrogens with zero attached hydrogens (tertiary/aromatic N) is 3. The normalized spacial score (nSPS) is 12.2. The summed E-state index contributed by atoms with van der Waals surface area (Å²) in [6, 6.07) is 10.7. The van der Waals surface area contributed by atoms with Crippen molar-refractivity contribution in [3.05, 3.63) is 66.5 Å². The third-order valence-corrected chi connectivity index (χ3v) is 7.15. The predicted molar refractivity (Wildman–Crippen MR) is 127 cm³/mol. The van der Waals surface area contributed by atoms with E-state index < -0.39 is 10.0 Å². The van der Waals surface area contributed by atoms with Crippen molar-refractivity contribution < 1.29 is 17.9 Å². The molecule has 1 amide bonds. The number of methoxy groups -OCH3 is 1. The van der Waals surface area contributed by atoms with Crippen LogP contribution in [0.3, 0.4) is 0 Å². The molecule has 0 bridgehead atoms. The molecule has 2 rings (SSSR count). The Bertz CT molecular complexity index is 1000. The maximum atomic E-state index is 13.3. The summed E-state index contributed by atoms with van der Waals surface area (Å²) in [5.41, 5.74) is 1.90. The smallest absolute Gasteiger partial charge is 0.243 e. The predicted octanol–water partition coefficient (Wildman–Crippen LogP) is 3.17. The van der Waals surface area contributed by atoms with E-state index in [1.807, 2.05) is 42.1 Å². The Labute approximate surface area is 192 Å². The average molecular weight is 462 g/mol. The number of aryl methyl sites for hydroxylation is 1. The van der Waals surface area contributed by atoms with Gasteiger partial charge in [-0.3, -0.25) is 4.79 Å². The van der Waals surface area contributed by atoms with Crippen LogP contribution in [0.25, 0.3) is 0 Å². The van der Waals surface area contributed by atoms with Gasteiger partial charge in [-0.05, 0) is 35.2 Å². The zero-order valence-corrected chi connectivity index (χ0v) is 20.6. The molecule has 0 fully saturated rings. The van der Waals surface area contributed by atoms with Gasteiger partial charge in [0, 0.05) is 39.1 Å². The lowest BCUT2D eigenvalue weighted by Gasteiger charge is -2.27. The fraction of sp³-hybridized carbons (Fsp3) is 0.458. The number of carbonyl (C=O) groups is 1. The summed E-state index contributed by atoms with van der Waals surface area (Å²) < 4.78 is 34.9. The number of benzene rings is 1. The van der Waals surface area contributed by atoms with Crippen LogP contribution in [0.5, 0.6) is 0 Å². The Kier molecular flexibility index (Phi) is 8.83. The Hall–Kier alpha value is -2.42. The molecule has 1 heterocycles. The molecule has 0 aliphatic carbocycles. The molecular weight excluding hydrogens is 426 g/mol. The third kappa shape index (κ3) is 6.54. The van der Waals surface area contributed by atoms with Crippen LogP contribution in [0, 0.1) is 0 Å². The summed E-state index contributed by atoms with van der Waals surface area (Å²) in [7, 11) is -0.390. The van der Waals surface area contributed by atoms with Gasteiger partial charge in [-0.2, -0.15) is 4.31 Å². The van der Waals surface area contributed by atoms with Crippen LogP contribution < -0.4 is 0 Å². The summed E-state index contributed by atoms with van der Waals surface area (Å²) in [6.45, 7) is 10.7. The van der Waals surface area contributed by atoms with Crippen LogP contribution in [0.4, 0.5) is 0 Å². The van der Waals surface area contributed by atoms with Gasteiger partial charge in [-0.15, -0.1) is 6.58 Å². The fourth-order valence-corrected chi connectivity index (χ4v) is 4.63. The topological polar surface area (TPSA) is 71.8 Å². The SMILES string of the molecule is C=CCN(CC(=O)N(CCOC)Cc1cccn1C)S(=O)(=O)c1ccc(C(C)(C)C)cc1. The molecule has 0 spiro atoms. The van der Waals surface area contributed by atoms with Gasteiger partial charge in [0.1, 0.15) is 0 Å². The first kappa shape index (κ1) is 25.8. The van der Waals surface area contributed by atoms with Crippen molar-refractivity contribution in [2.24, 2.45) is 7.05 Å². The molecule has 0 atom stereocenters. The summed E-state index contributed by atoms with van der Waals surface area (Å²) in [4.78, 5) is 14.9. The van der Waals surface area contributed by atoms with E-state index in [2.05, 4.69) is 27.4 Å². The number of amides is 1. The van der Waals surface area contributed by atoms with Crippen molar-refractivity contribution in [1.82, 2.24) is 13.8 Å². The molecule has 1 aromatic heterocycles. The summed E-state index contributed by atoms with van der Waals surface area (Å²) in [5, 5.41) is 0. The summed E-state index contributed by atoms with van der Waals surface area (Å²) in [6.07, 6.45) is 3.40. The van der Waals surface area contributed by atoms with Crippen molar-refractivity contribution in [3.63, 3.8) is 0 Å². The van der Waals surface area contributed by atoms with Gasteiger partial charge in [0.15, 0.2) is 0 Å². The van der Waals surface area contributed by atoms with E-state index in [0.29, 0.717) is 19.7 Å². The molecule has 32 heavy (non-hydrogen) atoms. The number of aromatic nitrogens is 1. The number of rotatable bonds is 11. The van der Waals surface area contributed by atoms with Gasteiger partial charge in [0.25, 0.3) is 0 Å².